The summed E-state index contributed by atoms with van der Waals surface area (Å²) in [4.78, 5) is 0. The van der Waals surface area contributed by atoms with Gasteiger partial charge in [0, 0.05) is 10.5 Å². The smallest absolute Gasteiger partial charge is 0.0335 e. The minimum absolute atomic E-state index is 0.600. The molecule has 0 aliphatic carbocycles. The first kappa shape index (κ1) is 8.27. The molecule has 0 aromatic heterocycles. The van der Waals surface area contributed by atoms with Crippen molar-refractivity contribution >= 4 is 15.9 Å². The molecule has 1 aliphatic rings. The van der Waals surface area contributed by atoms with Crippen molar-refractivity contribution in [1.82, 2.24) is 5.32 Å². The average molecular weight is 226 g/mol. The Bertz CT molecular complexity index is 292. The Morgan fingerprint density at radius 1 is 1.50 bits per heavy atom. The molecule has 1 unspecified atom stereocenters. The van der Waals surface area contributed by atoms with Gasteiger partial charge in [0.2, 0.25) is 0 Å². The van der Waals surface area contributed by atoms with Gasteiger partial charge in [0.05, 0.1) is 0 Å². The van der Waals surface area contributed by atoms with Crippen LogP contribution in [0.1, 0.15) is 23.6 Å². The van der Waals surface area contributed by atoms with E-state index in [9.17, 15) is 0 Å². The topological polar surface area (TPSA) is 12.0 Å². The van der Waals surface area contributed by atoms with Gasteiger partial charge in [0.25, 0.3) is 0 Å². The fourth-order valence-corrected chi connectivity index (χ4v) is 1.94. The summed E-state index contributed by atoms with van der Waals surface area (Å²) in [5, 5.41) is 3.41. The van der Waals surface area contributed by atoms with Gasteiger partial charge < -0.3 is 5.32 Å². The van der Waals surface area contributed by atoms with E-state index in [0.29, 0.717) is 6.04 Å². The highest BCUT2D eigenvalue weighted by molar-refractivity contribution is 9.10. The monoisotopic (exact) mass is 225 g/mol. The van der Waals surface area contributed by atoms with Crippen molar-refractivity contribution in [2.24, 2.45) is 0 Å². The van der Waals surface area contributed by atoms with E-state index in [4.69, 9.17) is 0 Å². The van der Waals surface area contributed by atoms with Crippen molar-refractivity contribution in [2.75, 3.05) is 6.54 Å². The van der Waals surface area contributed by atoms with E-state index in [1.54, 1.807) is 0 Å². The van der Waals surface area contributed by atoms with Crippen molar-refractivity contribution in [2.45, 2.75) is 19.4 Å². The van der Waals surface area contributed by atoms with E-state index < -0.39 is 0 Å². The molecule has 1 aromatic rings. The Hall–Kier alpha value is -0.340. The Morgan fingerprint density at radius 2 is 2.25 bits per heavy atom. The van der Waals surface area contributed by atoms with Crippen LogP contribution < -0.4 is 5.32 Å². The highest BCUT2D eigenvalue weighted by Gasteiger charge is 2.20. The quantitative estimate of drug-likeness (QED) is 0.776. The summed E-state index contributed by atoms with van der Waals surface area (Å²) in [5.74, 6) is 0. The van der Waals surface area contributed by atoms with E-state index >= 15 is 0 Å². The number of hydrogen-bond donors (Lipinski definition) is 1. The third kappa shape index (κ3) is 1.29. The maximum atomic E-state index is 3.54. The second-order valence-corrected chi connectivity index (χ2v) is 4.10. The Kier molecular flexibility index (Phi) is 2.20. The van der Waals surface area contributed by atoms with Gasteiger partial charge in [-0.3, -0.25) is 0 Å². The highest BCUT2D eigenvalue weighted by atomic mass is 79.9. The van der Waals surface area contributed by atoms with Gasteiger partial charge in [-0.25, -0.2) is 0 Å². The highest BCUT2D eigenvalue weighted by Crippen LogP contribution is 2.29. The maximum Gasteiger partial charge on any atom is 0.0335 e. The number of rotatable bonds is 1. The summed E-state index contributed by atoms with van der Waals surface area (Å²) in [6.07, 6.45) is 1.28. The van der Waals surface area contributed by atoms with Gasteiger partial charge in [0.15, 0.2) is 0 Å². The van der Waals surface area contributed by atoms with Crippen molar-refractivity contribution in [3.63, 3.8) is 0 Å². The summed E-state index contributed by atoms with van der Waals surface area (Å²) in [6.45, 7) is 3.33. The Morgan fingerprint density at radius 3 is 2.83 bits per heavy atom. The van der Waals surface area contributed by atoms with Gasteiger partial charge in [-0.2, -0.15) is 0 Å². The first-order valence-electron chi connectivity index (χ1n) is 4.27. The van der Waals surface area contributed by atoms with Crippen LogP contribution in [0.2, 0.25) is 0 Å². The lowest BCUT2D eigenvalue weighted by Gasteiger charge is -2.29. The van der Waals surface area contributed by atoms with Crippen molar-refractivity contribution in [3.8, 4) is 0 Å². The normalized spacial score (nSPS) is 22.0. The third-order valence-corrected chi connectivity index (χ3v) is 3.37. The van der Waals surface area contributed by atoms with Crippen LogP contribution in [-0.2, 0) is 0 Å². The molecule has 0 saturated carbocycles. The summed E-state index contributed by atoms with van der Waals surface area (Å²) in [7, 11) is 0. The first-order valence-corrected chi connectivity index (χ1v) is 5.07. The molecule has 1 N–H and O–H groups in total. The predicted octanol–water partition coefficient (Wildman–Crippen LogP) is 2.79. The Balaban J connectivity index is 2.36. The average Bonchev–Trinajstić information content (AvgIpc) is 1.95. The molecule has 12 heavy (non-hydrogen) atoms. The molecule has 1 heterocycles. The molecule has 1 atom stereocenters. The van der Waals surface area contributed by atoms with Crippen LogP contribution in [0, 0.1) is 6.92 Å². The van der Waals surface area contributed by atoms with E-state index in [1.807, 2.05) is 0 Å². The lowest BCUT2D eigenvalue weighted by molar-refractivity contribution is 0.382. The zero-order valence-electron chi connectivity index (χ0n) is 7.10. The van der Waals surface area contributed by atoms with Crippen molar-refractivity contribution in [1.29, 1.82) is 0 Å². The van der Waals surface area contributed by atoms with Crippen molar-refractivity contribution in [3.05, 3.63) is 33.8 Å². The molecule has 2 heteroatoms. The van der Waals surface area contributed by atoms with E-state index in [2.05, 4.69) is 46.4 Å². The molecule has 0 radical (unpaired) electrons. The first-order chi connectivity index (χ1) is 5.79. The lowest BCUT2D eigenvalue weighted by Crippen LogP contribution is -2.35. The fraction of sp³-hybridized carbons (Fsp3) is 0.400. The van der Waals surface area contributed by atoms with Crippen LogP contribution in [0.4, 0.5) is 0 Å². The SMILES string of the molecule is Cc1c(Br)cccc1C1CCN1. The Labute approximate surface area is 81.3 Å². The zero-order valence-corrected chi connectivity index (χ0v) is 8.69. The molecule has 2 rings (SSSR count). The molecule has 1 aliphatic heterocycles. The molecule has 0 amide bonds. The second kappa shape index (κ2) is 3.19. The van der Waals surface area contributed by atoms with E-state index in [-0.39, 0.29) is 0 Å². The standard InChI is InChI=1S/C10H12BrN/c1-7-8(10-5-6-12-10)3-2-4-9(7)11/h2-4,10,12H,5-6H2,1H3. The summed E-state index contributed by atoms with van der Waals surface area (Å²) in [5.41, 5.74) is 2.81. The predicted molar refractivity (Wildman–Crippen MR) is 54.2 cm³/mol. The molecular weight excluding hydrogens is 214 g/mol. The van der Waals surface area contributed by atoms with Crippen LogP contribution in [-0.4, -0.2) is 6.54 Å². The zero-order chi connectivity index (χ0) is 8.55. The van der Waals surface area contributed by atoms with Crippen LogP contribution in [0.3, 0.4) is 0 Å². The number of halogens is 1. The van der Waals surface area contributed by atoms with Crippen LogP contribution >= 0.6 is 15.9 Å². The van der Waals surface area contributed by atoms with Gasteiger partial charge in [0.1, 0.15) is 0 Å². The molecule has 1 fully saturated rings. The van der Waals surface area contributed by atoms with Crippen LogP contribution in [0.25, 0.3) is 0 Å². The molecule has 64 valence electrons. The summed E-state index contributed by atoms with van der Waals surface area (Å²) >= 11 is 3.54. The van der Waals surface area contributed by atoms with E-state index in [0.717, 1.165) is 6.54 Å². The van der Waals surface area contributed by atoms with Crippen LogP contribution in [0.5, 0.6) is 0 Å². The number of benzene rings is 1. The number of nitrogens with one attached hydrogen (secondary N) is 1. The molecule has 0 bridgehead atoms. The molecule has 1 aromatic carbocycles. The summed E-state index contributed by atoms with van der Waals surface area (Å²) < 4.78 is 1.22. The molecule has 1 nitrogen and oxygen atoms in total. The minimum atomic E-state index is 0.600. The largest absolute Gasteiger partial charge is 0.310 e. The fourth-order valence-electron chi connectivity index (χ4n) is 1.56. The summed E-state index contributed by atoms with van der Waals surface area (Å²) in [6, 6.07) is 7.00. The minimum Gasteiger partial charge on any atom is -0.310 e. The van der Waals surface area contributed by atoms with Crippen LogP contribution in [0.15, 0.2) is 22.7 Å². The van der Waals surface area contributed by atoms with E-state index in [1.165, 1.54) is 22.0 Å². The molecule has 0 spiro atoms. The molecule has 1 saturated heterocycles. The second-order valence-electron chi connectivity index (χ2n) is 3.25. The van der Waals surface area contributed by atoms with Gasteiger partial charge in [-0.1, -0.05) is 28.1 Å². The van der Waals surface area contributed by atoms with Gasteiger partial charge >= 0.3 is 0 Å². The third-order valence-electron chi connectivity index (χ3n) is 2.51. The maximum absolute atomic E-state index is 3.54. The lowest BCUT2D eigenvalue weighted by atomic mass is 9.94. The van der Waals surface area contributed by atoms with Gasteiger partial charge in [-0.05, 0) is 37.1 Å². The van der Waals surface area contributed by atoms with Crippen molar-refractivity contribution < 1.29 is 0 Å². The van der Waals surface area contributed by atoms with Gasteiger partial charge in [-0.15, -0.1) is 0 Å². The number of hydrogen-bond acceptors (Lipinski definition) is 1. The molecular formula is C10H12BrN.